The first-order valence-electron chi connectivity index (χ1n) is 5.59. The standard InChI is InChI=1S/C12H14N2O3S/c15-9-6-10(11(16)17)14(7-9)12(18)13-8-4-2-1-3-5-8/h1-5,9-10,15H,6-7H2,(H,13,18)(H,16,17)/p-1/t9-,10-/m0/s1. The third-order valence-corrected chi connectivity index (χ3v) is 3.17. The van der Waals surface area contributed by atoms with Crippen molar-refractivity contribution >= 4 is 29.0 Å². The highest BCUT2D eigenvalue weighted by Crippen LogP contribution is 2.19. The first kappa shape index (κ1) is 12.8. The molecule has 1 aliphatic heterocycles. The molecule has 0 amide bonds. The van der Waals surface area contributed by atoms with Gasteiger partial charge >= 0.3 is 0 Å². The van der Waals surface area contributed by atoms with Gasteiger partial charge in [-0.1, -0.05) is 18.2 Å². The second kappa shape index (κ2) is 5.32. The molecule has 1 saturated heterocycles. The first-order valence-corrected chi connectivity index (χ1v) is 6.00. The number of aliphatic carboxylic acids is 1. The second-order valence-electron chi connectivity index (χ2n) is 4.17. The van der Waals surface area contributed by atoms with Gasteiger partial charge in [-0.05, 0) is 24.4 Å². The topological polar surface area (TPSA) is 75.6 Å². The normalized spacial score (nSPS) is 22.8. The average molecular weight is 265 g/mol. The van der Waals surface area contributed by atoms with Gasteiger partial charge in [0, 0.05) is 18.7 Å². The summed E-state index contributed by atoms with van der Waals surface area (Å²) >= 11 is 5.16. The van der Waals surface area contributed by atoms with Gasteiger partial charge in [-0.15, -0.1) is 0 Å². The number of hydrogen-bond acceptors (Lipinski definition) is 4. The number of β-amino-alcohol motifs (C(OH)–C–C–N with tert-alkyl or cyclic N) is 1. The number of aliphatic hydroxyl groups excluding tert-OH is 1. The quantitative estimate of drug-likeness (QED) is 0.707. The van der Waals surface area contributed by atoms with E-state index < -0.39 is 18.1 Å². The molecule has 1 aromatic rings. The molecule has 2 N–H and O–H groups in total. The highest BCUT2D eigenvalue weighted by molar-refractivity contribution is 7.80. The highest BCUT2D eigenvalue weighted by atomic mass is 32.1. The number of anilines is 1. The van der Waals surface area contributed by atoms with Gasteiger partial charge in [0.05, 0.1) is 18.1 Å². The van der Waals surface area contributed by atoms with Crippen molar-refractivity contribution in [3.63, 3.8) is 0 Å². The second-order valence-corrected chi connectivity index (χ2v) is 4.56. The van der Waals surface area contributed by atoms with Gasteiger partial charge in [-0.25, -0.2) is 0 Å². The molecular formula is C12H13N2O3S-. The Labute approximate surface area is 110 Å². The maximum Gasteiger partial charge on any atom is 0.174 e. The molecule has 1 aliphatic rings. The number of thiocarbonyl (C=S) groups is 1. The van der Waals surface area contributed by atoms with Crippen LogP contribution in [0.3, 0.4) is 0 Å². The summed E-state index contributed by atoms with van der Waals surface area (Å²) in [6, 6.07) is 8.35. The van der Waals surface area contributed by atoms with E-state index >= 15 is 0 Å². The molecule has 0 bridgehead atoms. The Morgan fingerprint density at radius 3 is 2.72 bits per heavy atom. The third-order valence-electron chi connectivity index (χ3n) is 2.84. The Balaban J connectivity index is 2.06. The lowest BCUT2D eigenvalue weighted by atomic mass is 10.2. The summed E-state index contributed by atoms with van der Waals surface area (Å²) in [6.07, 6.45) is -0.553. The van der Waals surface area contributed by atoms with Gasteiger partial charge in [-0.2, -0.15) is 0 Å². The zero-order valence-electron chi connectivity index (χ0n) is 9.57. The van der Waals surface area contributed by atoms with E-state index in [1.54, 1.807) is 0 Å². The Hall–Kier alpha value is -1.66. The van der Waals surface area contributed by atoms with Crippen LogP contribution in [0.5, 0.6) is 0 Å². The molecule has 0 spiro atoms. The largest absolute Gasteiger partial charge is 0.548 e. The predicted molar refractivity (Wildman–Crippen MR) is 68.8 cm³/mol. The van der Waals surface area contributed by atoms with Crippen molar-refractivity contribution in [3.05, 3.63) is 30.3 Å². The average Bonchev–Trinajstić information content (AvgIpc) is 2.73. The van der Waals surface area contributed by atoms with Crippen molar-refractivity contribution < 1.29 is 15.0 Å². The molecule has 6 heteroatoms. The molecular weight excluding hydrogens is 252 g/mol. The molecule has 0 saturated carbocycles. The van der Waals surface area contributed by atoms with Crippen LogP contribution < -0.4 is 10.4 Å². The number of likely N-dealkylation sites (tertiary alicyclic amines) is 1. The van der Waals surface area contributed by atoms with Crippen LogP contribution in [0.2, 0.25) is 0 Å². The van der Waals surface area contributed by atoms with Crippen LogP contribution in [0.1, 0.15) is 6.42 Å². The van der Waals surface area contributed by atoms with Crippen LogP contribution in [-0.2, 0) is 4.79 Å². The monoisotopic (exact) mass is 265 g/mol. The number of carboxylic acids is 1. The van der Waals surface area contributed by atoms with Gasteiger partial charge < -0.3 is 25.2 Å². The summed E-state index contributed by atoms with van der Waals surface area (Å²) in [5.41, 5.74) is 0.779. The molecule has 1 fully saturated rings. The molecule has 1 heterocycles. The molecule has 2 atom stereocenters. The van der Waals surface area contributed by atoms with E-state index in [0.29, 0.717) is 0 Å². The van der Waals surface area contributed by atoms with Gasteiger partial charge in [0.15, 0.2) is 5.11 Å². The smallest absolute Gasteiger partial charge is 0.174 e. The molecule has 0 unspecified atom stereocenters. The lowest BCUT2D eigenvalue weighted by Gasteiger charge is -2.27. The van der Waals surface area contributed by atoms with Gasteiger partial charge in [0.1, 0.15) is 0 Å². The van der Waals surface area contributed by atoms with Crippen LogP contribution >= 0.6 is 12.2 Å². The lowest BCUT2D eigenvalue weighted by Crippen LogP contribution is -2.48. The predicted octanol–water partition coefficient (Wildman–Crippen LogP) is -0.431. The van der Waals surface area contributed by atoms with E-state index in [1.165, 1.54) is 4.90 Å². The number of rotatable bonds is 2. The van der Waals surface area contributed by atoms with Crippen molar-refractivity contribution in [2.75, 3.05) is 11.9 Å². The van der Waals surface area contributed by atoms with Crippen LogP contribution in [0.15, 0.2) is 30.3 Å². The Kier molecular flexibility index (Phi) is 3.78. The number of nitrogens with zero attached hydrogens (tertiary/aromatic N) is 1. The van der Waals surface area contributed by atoms with Gasteiger partial charge in [-0.3, -0.25) is 0 Å². The van der Waals surface area contributed by atoms with Crippen molar-refractivity contribution in [2.24, 2.45) is 0 Å². The summed E-state index contributed by atoms with van der Waals surface area (Å²) in [6.45, 7) is 0.206. The van der Waals surface area contributed by atoms with E-state index in [9.17, 15) is 15.0 Å². The van der Waals surface area contributed by atoms with E-state index in [1.807, 2.05) is 30.3 Å². The number of para-hydroxylation sites is 1. The number of aliphatic hydroxyl groups is 1. The number of carboxylic acid groups (broad SMARTS) is 1. The molecule has 1 aromatic carbocycles. The van der Waals surface area contributed by atoms with Gasteiger partial charge in [0.25, 0.3) is 0 Å². The van der Waals surface area contributed by atoms with Crippen LogP contribution in [0.25, 0.3) is 0 Å². The maximum atomic E-state index is 11.0. The lowest BCUT2D eigenvalue weighted by molar-refractivity contribution is -0.310. The van der Waals surface area contributed by atoms with E-state index in [0.717, 1.165) is 5.69 Å². The van der Waals surface area contributed by atoms with Crippen molar-refractivity contribution in [1.29, 1.82) is 0 Å². The molecule has 0 radical (unpaired) electrons. The SMILES string of the molecule is O=C([O-])[C@@H]1C[C@H](O)CN1C(=S)Nc1ccccc1. The fourth-order valence-electron chi connectivity index (χ4n) is 1.98. The zero-order chi connectivity index (χ0) is 13.1. The zero-order valence-corrected chi connectivity index (χ0v) is 10.4. The van der Waals surface area contributed by atoms with E-state index in [4.69, 9.17) is 12.2 Å². The minimum atomic E-state index is -1.22. The number of nitrogens with one attached hydrogen (secondary N) is 1. The van der Waals surface area contributed by atoms with Crippen LogP contribution in [0, 0.1) is 0 Å². The van der Waals surface area contributed by atoms with Gasteiger partial charge in [0.2, 0.25) is 0 Å². The van der Waals surface area contributed by atoms with Crippen LogP contribution in [0.4, 0.5) is 5.69 Å². The molecule has 96 valence electrons. The number of hydrogen-bond donors (Lipinski definition) is 2. The first-order chi connectivity index (χ1) is 8.58. The molecule has 2 rings (SSSR count). The molecule has 18 heavy (non-hydrogen) atoms. The Morgan fingerprint density at radius 1 is 1.44 bits per heavy atom. The fourth-order valence-corrected chi connectivity index (χ4v) is 2.30. The molecule has 0 aromatic heterocycles. The van der Waals surface area contributed by atoms with Crippen molar-refractivity contribution in [1.82, 2.24) is 4.90 Å². The summed E-state index contributed by atoms with van der Waals surface area (Å²) in [4.78, 5) is 12.4. The maximum absolute atomic E-state index is 11.0. The summed E-state index contributed by atoms with van der Waals surface area (Å²) in [5, 5.41) is 23.7. The van der Waals surface area contributed by atoms with Crippen LogP contribution in [-0.4, -0.2) is 39.8 Å². The summed E-state index contributed by atoms with van der Waals surface area (Å²) in [5.74, 6) is -1.22. The minimum absolute atomic E-state index is 0.138. The molecule has 0 aliphatic carbocycles. The summed E-state index contributed by atoms with van der Waals surface area (Å²) in [7, 11) is 0. The van der Waals surface area contributed by atoms with Crippen molar-refractivity contribution in [3.8, 4) is 0 Å². The summed E-state index contributed by atoms with van der Waals surface area (Å²) < 4.78 is 0. The fraction of sp³-hybridized carbons (Fsp3) is 0.333. The van der Waals surface area contributed by atoms with E-state index in [-0.39, 0.29) is 18.1 Å². The third kappa shape index (κ3) is 2.77. The number of carbonyl (C=O) groups is 1. The Bertz CT molecular complexity index is 452. The Morgan fingerprint density at radius 2 is 2.11 bits per heavy atom. The minimum Gasteiger partial charge on any atom is -0.548 e. The number of benzene rings is 1. The van der Waals surface area contributed by atoms with E-state index in [2.05, 4.69) is 5.32 Å². The number of carbonyl (C=O) groups excluding carboxylic acids is 1. The van der Waals surface area contributed by atoms with Crippen molar-refractivity contribution in [2.45, 2.75) is 18.6 Å². The highest BCUT2D eigenvalue weighted by Gasteiger charge is 2.33. The molecule has 5 nitrogen and oxygen atoms in total.